The number of nitrogens with zero attached hydrogens (tertiary/aromatic N) is 1. The van der Waals surface area contributed by atoms with Crippen molar-refractivity contribution in [1.29, 1.82) is 0 Å². The molecule has 1 rings (SSSR count). The third-order valence-corrected chi connectivity index (χ3v) is 2.10. The lowest BCUT2D eigenvalue weighted by molar-refractivity contribution is 0.428. The van der Waals surface area contributed by atoms with E-state index in [0.29, 0.717) is 0 Å². The molecule has 0 amide bonds. The quantitative estimate of drug-likeness (QED) is 0.793. The van der Waals surface area contributed by atoms with Crippen LogP contribution in [0.2, 0.25) is 0 Å². The molecule has 0 bridgehead atoms. The number of anilines is 1. The van der Waals surface area contributed by atoms with Gasteiger partial charge in [-0.25, -0.2) is 4.98 Å². The number of pyridine rings is 1. The second-order valence-electron chi connectivity index (χ2n) is 4.69. The van der Waals surface area contributed by atoms with Gasteiger partial charge in [-0.3, -0.25) is 0 Å². The molecular weight excluding hydrogens is 186 g/mol. The minimum Gasteiger partial charge on any atom is -0.373 e. The zero-order chi connectivity index (χ0) is 11.3. The average Bonchev–Trinajstić information content (AvgIpc) is 2.16. The van der Waals surface area contributed by atoms with Gasteiger partial charge in [-0.15, -0.1) is 0 Å². The highest BCUT2D eigenvalue weighted by atomic mass is 15.0. The highest BCUT2D eigenvalue weighted by Crippen LogP contribution is 2.05. The first-order valence-electron chi connectivity index (χ1n) is 5.40. The molecule has 0 spiro atoms. The number of rotatable bonds is 4. The molecule has 3 nitrogen and oxygen atoms in total. The molecule has 0 fully saturated rings. The van der Waals surface area contributed by atoms with Crippen LogP contribution in [0.1, 0.15) is 26.5 Å². The zero-order valence-electron chi connectivity index (χ0n) is 10.1. The SMILES string of the molecule is CNc1cccc(CCNC(C)(C)C)n1. The number of aromatic nitrogens is 1. The van der Waals surface area contributed by atoms with Crippen LogP contribution in [-0.4, -0.2) is 24.1 Å². The third kappa shape index (κ3) is 4.79. The molecule has 0 radical (unpaired) electrons. The maximum absolute atomic E-state index is 4.46. The van der Waals surface area contributed by atoms with Crippen LogP contribution in [0.5, 0.6) is 0 Å². The summed E-state index contributed by atoms with van der Waals surface area (Å²) in [7, 11) is 1.89. The summed E-state index contributed by atoms with van der Waals surface area (Å²) in [6.45, 7) is 7.48. The Kier molecular flexibility index (Phi) is 4.09. The Labute approximate surface area is 92.3 Å². The molecule has 3 heteroatoms. The molecule has 0 saturated carbocycles. The van der Waals surface area contributed by atoms with Crippen molar-refractivity contribution >= 4 is 5.82 Å². The van der Waals surface area contributed by atoms with Gasteiger partial charge in [-0.1, -0.05) is 6.07 Å². The summed E-state index contributed by atoms with van der Waals surface area (Å²) >= 11 is 0. The van der Waals surface area contributed by atoms with E-state index < -0.39 is 0 Å². The number of hydrogen-bond donors (Lipinski definition) is 2. The second-order valence-corrected chi connectivity index (χ2v) is 4.69. The van der Waals surface area contributed by atoms with E-state index in [1.807, 2.05) is 19.2 Å². The first-order valence-corrected chi connectivity index (χ1v) is 5.40. The Hall–Kier alpha value is -1.09. The third-order valence-electron chi connectivity index (χ3n) is 2.10. The van der Waals surface area contributed by atoms with Gasteiger partial charge < -0.3 is 10.6 Å². The van der Waals surface area contributed by atoms with Gasteiger partial charge in [0.05, 0.1) is 0 Å². The van der Waals surface area contributed by atoms with E-state index in [4.69, 9.17) is 0 Å². The summed E-state index contributed by atoms with van der Waals surface area (Å²) in [5.41, 5.74) is 1.30. The van der Waals surface area contributed by atoms with E-state index in [1.54, 1.807) is 0 Å². The molecule has 1 aromatic rings. The molecule has 0 saturated heterocycles. The largest absolute Gasteiger partial charge is 0.373 e. The predicted octanol–water partition coefficient (Wildman–Crippen LogP) is 2.05. The van der Waals surface area contributed by atoms with Gasteiger partial charge in [-0.05, 0) is 32.9 Å². The van der Waals surface area contributed by atoms with Crippen molar-refractivity contribution in [2.24, 2.45) is 0 Å². The fraction of sp³-hybridized carbons (Fsp3) is 0.583. The Morgan fingerprint density at radius 2 is 2.00 bits per heavy atom. The summed E-state index contributed by atoms with van der Waals surface area (Å²) in [5, 5.41) is 6.49. The summed E-state index contributed by atoms with van der Waals surface area (Å²) < 4.78 is 0. The number of nitrogens with one attached hydrogen (secondary N) is 2. The fourth-order valence-electron chi connectivity index (χ4n) is 1.32. The van der Waals surface area contributed by atoms with Gasteiger partial charge in [0.15, 0.2) is 0 Å². The van der Waals surface area contributed by atoms with Crippen LogP contribution in [0, 0.1) is 0 Å². The van der Waals surface area contributed by atoms with E-state index in [2.05, 4.69) is 42.5 Å². The molecule has 0 aliphatic carbocycles. The molecular formula is C12H21N3. The minimum atomic E-state index is 0.181. The Morgan fingerprint density at radius 3 is 2.60 bits per heavy atom. The molecule has 2 N–H and O–H groups in total. The molecule has 0 atom stereocenters. The maximum atomic E-state index is 4.46. The lowest BCUT2D eigenvalue weighted by Gasteiger charge is -2.20. The van der Waals surface area contributed by atoms with Crippen molar-refractivity contribution in [3.63, 3.8) is 0 Å². The van der Waals surface area contributed by atoms with E-state index in [0.717, 1.165) is 24.5 Å². The molecule has 0 aliphatic heterocycles. The van der Waals surface area contributed by atoms with E-state index >= 15 is 0 Å². The monoisotopic (exact) mass is 207 g/mol. The molecule has 0 unspecified atom stereocenters. The van der Waals surface area contributed by atoms with Gasteiger partial charge in [0.2, 0.25) is 0 Å². The molecule has 15 heavy (non-hydrogen) atoms. The summed E-state index contributed by atoms with van der Waals surface area (Å²) in [5.74, 6) is 0.934. The highest BCUT2D eigenvalue weighted by Gasteiger charge is 2.07. The molecule has 1 heterocycles. The fourth-order valence-corrected chi connectivity index (χ4v) is 1.32. The highest BCUT2D eigenvalue weighted by molar-refractivity contribution is 5.34. The van der Waals surface area contributed by atoms with Crippen molar-refractivity contribution in [3.8, 4) is 0 Å². The van der Waals surface area contributed by atoms with Crippen LogP contribution in [0.4, 0.5) is 5.82 Å². The molecule has 0 aromatic carbocycles. The zero-order valence-corrected chi connectivity index (χ0v) is 10.1. The van der Waals surface area contributed by atoms with Crippen molar-refractivity contribution in [2.45, 2.75) is 32.7 Å². The van der Waals surface area contributed by atoms with Gasteiger partial charge in [0.25, 0.3) is 0 Å². The van der Waals surface area contributed by atoms with Crippen LogP contribution < -0.4 is 10.6 Å². The Bertz CT molecular complexity index is 302. The van der Waals surface area contributed by atoms with E-state index in [1.165, 1.54) is 0 Å². The van der Waals surface area contributed by atoms with Crippen LogP contribution >= 0.6 is 0 Å². The van der Waals surface area contributed by atoms with Crippen LogP contribution in [0.3, 0.4) is 0 Å². The van der Waals surface area contributed by atoms with Crippen LogP contribution in [-0.2, 0) is 6.42 Å². The Balaban J connectivity index is 2.44. The number of hydrogen-bond acceptors (Lipinski definition) is 3. The smallest absolute Gasteiger partial charge is 0.125 e. The van der Waals surface area contributed by atoms with Gasteiger partial charge in [0, 0.05) is 31.2 Å². The maximum Gasteiger partial charge on any atom is 0.125 e. The first-order chi connectivity index (χ1) is 7.01. The summed E-state index contributed by atoms with van der Waals surface area (Å²) in [6, 6.07) is 6.07. The van der Waals surface area contributed by atoms with Crippen molar-refractivity contribution in [2.75, 3.05) is 18.9 Å². The molecule has 1 aromatic heterocycles. The predicted molar refractivity (Wildman–Crippen MR) is 65.2 cm³/mol. The van der Waals surface area contributed by atoms with Crippen LogP contribution in [0.15, 0.2) is 18.2 Å². The first kappa shape index (κ1) is 12.0. The minimum absolute atomic E-state index is 0.181. The Morgan fingerprint density at radius 1 is 1.27 bits per heavy atom. The molecule has 84 valence electrons. The van der Waals surface area contributed by atoms with E-state index in [-0.39, 0.29) is 5.54 Å². The normalized spacial score (nSPS) is 11.5. The van der Waals surface area contributed by atoms with Gasteiger partial charge in [0.1, 0.15) is 5.82 Å². The van der Waals surface area contributed by atoms with E-state index in [9.17, 15) is 0 Å². The summed E-state index contributed by atoms with van der Waals surface area (Å²) in [6.07, 6.45) is 0.965. The standard InChI is InChI=1S/C12H21N3/c1-12(2,3)14-9-8-10-6-5-7-11(13-4)15-10/h5-7,14H,8-9H2,1-4H3,(H,13,15). The van der Waals surface area contributed by atoms with Gasteiger partial charge >= 0.3 is 0 Å². The summed E-state index contributed by atoms with van der Waals surface area (Å²) in [4.78, 5) is 4.46. The van der Waals surface area contributed by atoms with Gasteiger partial charge in [-0.2, -0.15) is 0 Å². The van der Waals surface area contributed by atoms with Crippen molar-refractivity contribution < 1.29 is 0 Å². The van der Waals surface area contributed by atoms with Crippen LogP contribution in [0.25, 0.3) is 0 Å². The molecule has 0 aliphatic rings. The lowest BCUT2D eigenvalue weighted by Crippen LogP contribution is -2.37. The van der Waals surface area contributed by atoms with Crippen molar-refractivity contribution in [1.82, 2.24) is 10.3 Å². The van der Waals surface area contributed by atoms with Crippen molar-refractivity contribution in [3.05, 3.63) is 23.9 Å². The average molecular weight is 207 g/mol. The lowest BCUT2D eigenvalue weighted by atomic mass is 10.1. The topological polar surface area (TPSA) is 37.0 Å². The second kappa shape index (κ2) is 5.12.